The van der Waals surface area contributed by atoms with E-state index in [1.54, 1.807) is 0 Å². The van der Waals surface area contributed by atoms with Crippen molar-refractivity contribution in [2.75, 3.05) is 19.6 Å². The van der Waals surface area contributed by atoms with Crippen molar-refractivity contribution in [3.63, 3.8) is 0 Å². The van der Waals surface area contributed by atoms with Gasteiger partial charge in [0.25, 0.3) is 0 Å². The number of hydrogen-bond acceptors (Lipinski definition) is 1. The molecular formula is C6H13N2+. The topological polar surface area (TPSA) is 29.0 Å². The van der Waals surface area contributed by atoms with Gasteiger partial charge in [-0.2, -0.15) is 0 Å². The van der Waals surface area contributed by atoms with Gasteiger partial charge in [-0.15, -0.1) is 0 Å². The molecule has 0 aliphatic carbocycles. The monoisotopic (exact) mass is 113 g/mol. The number of nitrogens with zero attached hydrogens (tertiary/aromatic N) is 1. The summed E-state index contributed by atoms with van der Waals surface area (Å²) in [5.74, 6) is 0.715. The molecule has 0 bridgehead atoms. The molecule has 1 fully saturated rings. The highest BCUT2D eigenvalue weighted by atomic mass is 15.0. The molecule has 46 valence electrons. The second-order valence-electron chi connectivity index (χ2n) is 2.47. The fourth-order valence-electron chi connectivity index (χ4n) is 1.11. The summed E-state index contributed by atoms with van der Waals surface area (Å²) < 4.78 is 2.08. The molecule has 2 nitrogen and oxygen atoms in total. The van der Waals surface area contributed by atoms with Gasteiger partial charge < -0.3 is 5.73 Å². The normalized spacial score (nSPS) is 29.1. The Hall–Kier alpha value is -0.370. The molecule has 1 heterocycles. The van der Waals surface area contributed by atoms with Crippen LogP contribution in [0.2, 0.25) is 0 Å². The lowest BCUT2D eigenvalue weighted by Gasteiger charge is -1.94. The standard InChI is InChI=1S/C6H13N2/c1-8-3-2-6(4-7)5-8/h6H,1-5,7H2/q+1. The smallest absolute Gasteiger partial charge is 0.146 e. The van der Waals surface area contributed by atoms with Crippen molar-refractivity contribution in [2.45, 2.75) is 6.42 Å². The van der Waals surface area contributed by atoms with E-state index in [0.717, 1.165) is 19.6 Å². The Morgan fingerprint density at radius 2 is 2.50 bits per heavy atom. The van der Waals surface area contributed by atoms with E-state index in [0.29, 0.717) is 5.92 Å². The van der Waals surface area contributed by atoms with E-state index in [2.05, 4.69) is 11.3 Å². The molecule has 2 heteroatoms. The van der Waals surface area contributed by atoms with Gasteiger partial charge in [0.05, 0.1) is 0 Å². The summed E-state index contributed by atoms with van der Waals surface area (Å²) in [6.07, 6.45) is 1.24. The van der Waals surface area contributed by atoms with Gasteiger partial charge in [-0.1, -0.05) is 0 Å². The maximum atomic E-state index is 5.44. The Morgan fingerprint density at radius 1 is 1.75 bits per heavy atom. The van der Waals surface area contributed by atoms with Gasteiger partial charge >= 0.3 is 0 Å². The van der Waals surface area contributed by atoms with Crippen LogP contribution in [0, 0.1) is 5.92 Å². The minimum Gasteiger partial charge on any atom is -0.330 e. The fraction of sp³-hybridized carbons (Fsp3) is 0.833. The van der Waals surface area contributed by atoms with Crippen molar-refractivity contribution in [1.29, 1.82) is 0 Å². The first-order chi connectivity index (χ1) is 3.83. The van der Waals surface area contributed by atoms with Crippen molar-refractivity contribution in [3.8, 4) is 0 Å². The third-order valence-electron chi connectivity index (χ3n) is 1.70. The van der Waals surface area contributed by atoms with Gasteiger partial charge in [0.1, 0.15) is 19.8 Å². The van der Waals surface area contributed by atoms with Crippen molar-refractivity contribution < 1.29 is 4.58 Å². The first-order valence-corrected chi connectivity index (χ1v) is 3.08. The molecule has 0 spiro atoms. The summed E-state index contributed by atoms with van der Waals surface area (Å²) in [5.41, 5.74) is 5.44. The average Bonchev–Trinajstić information content (AvgIpc) is 2.14. The van der Waals surface area contributed by atoms with Crippen LogP contribution in [0.5, 0.6) is 0 Å². The Labute approximate surface area is 50.0 Å². The molecule has 1 atom stereocenters. The molecule has 8 heavy (non-hydrogen) atoms. The molecule has 0 radical (unpaired) electrons. The van der Waals surface area contributed by atoms with Crippen LogP contribution < -0.4 is 5.73 Å². The van der Waals surface area contributed by atoms with E-state index in [9.17, 15) is 0 Å². The van der Waals surface area contributed by atoms with Crippen LogP contribution >= 0.6 is 0 Å². The highest BCUT2D eigenvalue weighted by Gasteiger charge is 2.21. The third kappa shape index (κ3) is 1.07. The molecule has 1 unspecified atom stereocenters. The van der Waals surface area contributed by atoms with Crippen LogP contribution in [0.3, 0.4) is 0 Å². The summed E-state index contributed by atoms with van der Waals surface area (Å²) in [5, 5.41) is 0. The Morgan fingerprint density at radius 3 is 2.75 bits per heavy atom. The molecule has 0 saturated carbocycles. The van der Waals surface area contributed by atoms with Crippen molar-refractivity contribution >= 4 is 6.72 Å². The lowest BCUT2D eigenvalue weighted by molar-refractivity contribution is -0.499. The summed E-state index contributed by atoms with van der Waals surface area (Å²) in [4.78, 5) is 0. The molecule has 0 aromatic carbocycles. The maximum Gasteiger partial charge on any atom is 0.146 e. The van der Waals surface area contributed by atoms with Crippen LogP contribution in [0.25, 0.3) is 0 Å². The quantitative estimate of drug-likeness (QED) is 0.464. The minimum atomic E-state index is 0.715. The van der Waals surface area contributed by atoms with E-state index < -0.39 is 0 Å². The average molecular weight is 113 g/mol. The fourth-order valence-corrected chi connectivity index (χ4v) is 1.11. The zero-order chi connectivity index (χ0) is 5.98. The van der Waals surface area contributed by atoms with Gasteiger partial charge in [0.15, 0.2) is 0 Å². The molecule has 1 saturated heterocycles. The predicted molar refractivity (Wildman–Crippen MR) is 34.3 cm³/mol. The Kier molecular flexibility index (Phi) is 1.63. The third-order valence-corrected chi connectivity index (χ3v) is 1.70. The van der Waals surface area contributed by atoms with Crippen LogP contribution in [-0.4, -0.2) is 30.9 Å². The summed E-state index contributed by atoms with van der Waals surface area (Å²) >= 11 is 0. The van der Waals surface area contributed by atoms with Gasteiger partial charge in [-0.25, -0.2) is 4.58 Å². The molecule has 2 N–H and O–H groups in total. The summed E-state index contributed by atoms with van der Waals surface area (Å²) in [6, 6.07) is 0. The summed E-state index contributed by atoms with van der Waals surface area (Å²) in [6.45, 7) is 6.86. The molecule has 1 rings (SSSR count). The first kappa shape index (κ1) is 5.76. The molecule has 0 aromatic heterocycles. The van der Waals surface area contributed by atoms with E-state index in [-0.39, 0.29) is 0 Å². The summed E-state index contributed by atoms with van der Waals surface area (Å²) in [7, 11) is 0. The van der Waals surface area contributed by atoms with E-state index >= 15 is 0 Å². The molecule has 0 amide bonds. The van der Waals surface area contributed by atoms with Crippen LogP contribution in [0.15, 0.2) is 0 Å². The van der Waals surface area contributed by atoms with E-state index in [1.165, 1.54) is 6.42 Å². The minimum absolute atomic E-state index is 0.715. The number of nitrogens with two attached hydrogens (primary N) is 1. The first-order valence-electron chi connectivity index (χ1n) is 3.08. The van der Waals surface area contributed by atoms with Crippen LogP contribution in [0.1, 0.15) is 6.42 Å². The van der Waals surface area contributed by atoms with E-state index in [4.69, 9.17) is 5.73 Å². The second-order valence-corrected chi connectivity index (χ2v) is 2.47. The van der Waals surface area contributed by atoms with Gasteiger partial charge in [-0.3, -0.25) is 0 Å². The van der Waals surface area contributed by atoms with Crippen LogP contribution in [-0.2, 0) is 0 Å². The lowest BCUT2D eigenvalue weighted by atomic mass is 10.1. The highest BCUT2D eigenvalue weighted by molar-refractivity contribution is 5.14. The maximum absolute atomic E-state index is 5.44. The van der Waals surface area contributed by atoms with Crippen molar-refractivity contribution in [3.05, 3.63) is 0 Å². The predicted octanol–water partition coefficient (Wildman–Crippen LogP) is -0.322. The van der Waals surface area contributed by atoms with Crippen LogP contribution in [0.4, 0.5) is 0 Å². The highest BCUT2D eigenvalue weighted by Crippen LogP contribution is 2.08. The van der Waals surface area contributed by atoms with E-state index in [1.807, 2.05) is 0 Å². The zero-order valence-corrected chi connectivity index (χ0v) is 5.14. The Balaban J connectivity index is 2.32. The van der Waals surface area contributed by atoms with Gasteiger partial charge in [0.2, 0.25) is 0 Å². The zero-order valence-electron chi connectivity index (χ0n) is 5.14. The van der Waals surface area contributed by atoms with Crippen molar-refractivity contribution in [2.24, 2.45) is 11.7 Å². The second kappa shape index (κ2) is 2.27. The molecular weight excluding hydrogens is 100 g/mol. The molecule has 1 aliphatic rings. The molecule has 1 aliphatic heterocycles. The Bertz CT molecular complexity index is 98.7. The number of rotatable bonds is 1. The number of hydrogen-bond donors (Lipinski definition) is 1. The van der Waals surface area contributed by atoms with Gasteiger partial charge in [0, 0.05) is 18.9 Å². The van der Waals surface area contributed by atoms with Gasteiger partial charge in [-0.05, 0) is 0 Å². The lowest BCUT2D eigenvalue weighted by Crippen LogP contribution is -2.15. The largest absolute Gasteiger partial charge is 0.330 e. The molecule has 0 aromatic rings. The SMILES string of the molecule is C=[N+]1CCC(CN)C1. The van der Waals surface area contributed by atoms with Crippen molar-refractivity contribution in [1.82, 2.24) is 0 Å².